The first kappa shape index (κ1) is 17.9. The summed E-state index contributed by atoms with van der Waals surface area (Å²) in [7, 11) is 0. The number of hydrogen-bond donors (Lipinski definition) is 2. The van der Waals surface area contributed by atoms with E-state index in [1.165, 1.54) is 0 Å². The predicted octanol–water partition coefficient (Wildman–Crippen LogP) is 3.24. The van der Waals surface area contributed by atoms with Crippen molar-refractivity contribution in [2.45, 2.75) is 18.9 Å². The number of imidazole rings is 1. The van der Waals surface area contributed by atoms with Gasteiger partial charge in [-0.3, -0.25) is 9.59 Å². The van der Waals surface area contributed by atoms with Crippen molar-refractivity contribution in [2.75, 3.05) is 17.2 Å². The minimum atomic E-state index is -0.411. The van der Waals surface area contributed by atoms with Crippen molar-refractivity contribution in [1.29, 1.82) is 0 Å². The van der Waals surface area contributed by atoms with Gasteiger partial charge in [0.05, 0.1) is 6.33 Å². The largest absolute Gasteiger partial charge is 0.368 e. The van der Waals surface area contributed by atoms with Gasteiger partial charge in [0.1, 0.15) is 6.10 Å². The summed E-state index contributed by atoms with van der Waals surface area (Å²) in [6.07, 6.45) is 6.47. The lowest BCUT2D eigenvalue weighted by Gasteiger charge is -2.12. The van der Waals surface area contributed by atoms with E-state index in [2.05, 4.69) is 15.6 Å². The van der Waals surface area contributed by atoms with Gasteiger partial charge in [-0.1, -0.05) is 6.07 Å². The number of nitrogens with zero attached hydrogens (tertiary/aromatic N) is 2. The molecule has 142 valence electrons. The Labute approximate surface area is 162 Å². The molecule has 0 radical (unpaired) electrons. The molecule has 2 N–H and O–H groups in total. The second-order valence-corrected chi connectivity index (χ2v) is 6.54. The maximum absolute atomic E-state index is 12.6. The first-order valence-corrected chi connectivity index (χ1v) is 9.11. The molecule has 1 atom stereocenters. The van der Waals surface area contributed by atoms with Crippen molar-refractivity contribution in [2.24, 2.45) is 0 Å². The number of aromatic nitrogens is 2. The summed E-state index contributed by atoms with van der Waals surface area (Å²) in [5, 5.41) is 5.68. The number of anilines is 2. The number of amides is 2. The smallest absolute Gasteiger partial charge is 0.255 e. The van der Waals surface area contributed by atoms with E-state index in [-0.39, 0.29) is 11.8 Å². The van der Waals surface area contributed by atoms with Crippen LogP contribution in [0.5, 0.6) is 0 Å². The first-order valence-electron chi connectivity index (χ1n) is 9.11. The topological polar surface area (TPSA) is 85.3 Å². The lowest BCUT2D eigenvalue weighted by Crippen LogP contribution is -2.27. The molecule has 7 nitrogen and oxygen atoms in total. The number of hydrogen-bond acceptors (Lipinski definition) is 4. The van der Waals surface area contributed by atoms with E-state index in [1.807, 2.05) is 35.0 Å². The SMILES string of the molecule is O=C(Nc1ccc(-n2ccnc2)cc1)c1cccc(NC(=O)C2CCCO2)c1. The molecule has 0 bridgehead atoms. The Morgan fingerprint density at radius 2 is 1.93 bits per heavy atom. The van der Waals surface area contributed by atoms with Gasteiger partial charge in [-0.15, -0.1) is 0 Å². The molecule has 1 fully saturated rings. The molecule has 1 unspecified atom stereocenters. The Balaban J connectivity index is 1.41. The van der Waals surface area contributed by atoms with Crippen LogP contribution in [0.3, 0.4) is 0 Å². The van der Waals surface area contributed by atoms with Crippen molar-refractivity contribution in [3.63, 3.8) is 0 Å². The summed E-state index contributed by atoms with van der Waals surface area (Å²) in [6.45, 7) is 0.611. The molecule has 0 aliphatic carbocycles. The van der Waals surface area contributed by atoms with Crippen LogP contribution in [0.1, 0.15) is 23.2 Å². The molecule has 28 heavy (non-hydrogen) atoms. The second kappa shape index (κ2) is 8.06. The Hall–Kier alpha value is -3.45. The molecular weight excluding hydrogens is 356 g/mol. The van der Waals surface area contributed by atoms with Crippen molar-refractivity contribution >= 4 is 23.2 Å². The number of carbonyl (C=O) groups excluding carboxylic acids is 2. The fraction of sp³-hybridized carbons (Fsp3) is 0.190. The van der Waals surface area contributed by atoms with Crippen LogP contribution in [-0.2, 0) is 9.53 Å². The number of benzene rings is 2. The van der Waals surface area contributed by atoms with Crippen molar-refractivity contribution < 1.29 is 14.3 Å². The number of nitrogens with one attached hydrogen (secondary N) is 2. The van der Waals surface area contributed by atoms with Crippen LogP contribution in [0.4, 0.5) is 11.4 Å². The standard InChI is InChI=1S/C21H20N4O3/c26-20(23-16-6-8-18(9-7-16)25-11-10-22-14-25)15-3-1-4-17(13-15)24-21(27)19-5-2-12-28-19/h1,3-4,6-11,13-14,19H,2,5,12H2,(H,23,26)(H,24,27). The van der Waals surface area contributed by atoms with Crippen LogP contribution in [-0.4, -0.2) is 34.1 Å². The van der Waals surface area contributed by atoms with Crippen molar-refractivity contribution in [3.8, 4) is 5.69 Å². The van der Waals surface area contributed by atoms with Gasteiger partial charge in [-0.2, -0.15) is 0 Å². The molecule has 1 saturated heterocycles. The normalized spacial score (nSPS) is 15.9. The molecule has 0 saturated carbocycles. The molecule has 2 aromatic carbocycles. The Bertz CT molecular complexity index is 962. The molecule has 1 aliphatic heterocycles. The second-order valence-electron chi connectivity index (χ2n) is 6.54. The van der Waals surface area contributed by atoms with E-state index in [1.54, 1.807) is 36.8 Å². The fourth-order valence-corrected chi connectivity index (χ4v) is 3.08. The number of rotatable bonds is 5. The molecule has 7 heteroatoms. The van der Waals surface area contributed by atoms with E-state index in [9.17, 15) is 9.59 Å². The minimum Gasteiger partial charge on any atom is -0.368 e. The highest BCUT2D eigenvalue weighted by Crippen LogP contribution is 2.18. The molecule has 1 aromatic heterocycles. The molecular formula is C21H20N4O3. The third-order valence-electron chi connectivity index (χ3n) is 4.54. The average Bonchev–Trinajstić information content (AvgIpc) is 3.43. The quantitative estimate of drug-likeness (QED) is 0.716. The molecule has 2 heterocycles. The predicted molar refractivity (Wildman–Crippen MR) is 106 cm³/mol. The zero-order valence-electron chi connectivity index (χ0n) is 15.2. The van der Waals surface area contributed by atoms with Gasteiger partial charge in [-0.05, 0) is 55.3 Å². The highest BCUT2D eigenvalue weighted by atomic mass is 16.5. The zero-order valence-corrected chi connectivity index (χ0v) is 15.2. The van der Waals surface area contributed by atoms with Crippen molar-refractivity contribution in [1.82, 2.24) is 9.55 Å². The highest BCUT2D eigenvalue weighted by Gasteiger charge is 2.23. The van der Waals surface area contributed by atoms with Gasteiger partial charge in [0.25, 0.3) is 11.8 Å². The molecule has 3 aromatic rings. The molecule has 2 amide bonds. The summed E-state index contributed by atoms with van der Waals surface area (Å²) in [4.78, 5) is 28.7. The van der Waals surface area contributed by atoms with Crippen LogP contribution in [0, 0.1) is 0 Å². The zero-order chi connectivity index (χ0) is 19.3. The summed E-state index contributed by atoms with van der Waals surface area (Å²) < 4.78 is 7.26. The average molecular weight is 376 g/mol. The third-order valence-corrected chi connectivity index (χ3v) is 4.54. The van der Waals surface area contributed by atoms with Crippen LogP contribution in [0.2, 0.25) is 0 Å². The summed E-state index contributed by atoms with van der Waals surface area (Å²) >= 11 is 0. The minimum absolute atomic E-state index is 0.176. The monoisotopic (exact) mass is 376 g/mol. The van der Waals surface area contributed by atoms with E-state index in [0.29, 0.717) is 23.5 Å². The lowest BCUT2D eigenvalue weighted by molar-refractivity contribution is -0.124. The van der Waals surface area contributed by atoms with Crippen molar-refractivity contribution in [3.05, 3.63) is 72.8 Å². The lowest BCUT2D eigenvalue weighted by atomic mass is 10.1. The highest BCUT2D eigenvalue weighted by molar-refractivity contribution is 6.05. The van der Waals surface area contributed by atoms with Crippen LogP contribution in [0.25, 0.3) is 5.69 Å². The van der Waals surface area contributed by atoms with E-state index in [0.717, 1.165) is 18.5 Å². The molecule has 0 spiro atoms. The van der Waals surface area contributed by atoms with Gasteiger partial charge in [0.15, 0.2) is 0 Å². The van der Waals surface area contributed by atoms with E-state index in [4.69, 9.17) is 4.74 Å². The van der Waals surface area contributed by atoms with Gasteiger partial charge in [0.2, 0.25) is 0 Å². The number of ether oxygens (including phenoxy) is 1. The van der Waals surface area contributed by atoms with Gasteiger partial charge in [0, 0.05) is 41.6 Å². The fourth-order valence-electron chi connectivity index (χ4n) is 3.08. The Kier molecular flexibility index (Phi) is 5.16. The van der Waals surface area contributed by atoms with Crippen LogP contribution >= 0.6 is 0 Å². The maximum atomic E-state index is 12.6. The Morgan fingerprint density at radius 1 is 1.07 bits per heavy atom. The summed E-state index contributed by atoms with van der Waals surface area (Å²) in [5.41, 5.74) is 2.67. The van der Waals surface area contributed by atoms with Gasteiger partial charge >= 0.3 is 0 Å². The van der Waals surface area contributed by atoms with E-state index >= 15 is 0 Å². The van der Waals surface area contributed by atoms with E-state index < -0.39 is 6.10 Å². The van der Waals surface area contributed by atoms with Crippen LogP contribution < -0.4 is 10.6 Å². The van der Waals surface area contributed by atoms with Gasteiger partial charge < -0.3 is 19.9 Å². The summed E-state index contributed by atoms with van der Waals surface area (Å²) in [6, 6.07) is 14.3. The number of carbonyl (C=O) groups is 2. The third kappa shape index (κ3) is 4.10. The Morgan fingerprint density at radius 3 is 2.64 bits per heavy atom. The first-order chi connectivity index (χ1) is 13.7. The summed E-state index contributed by atoms with van der Waals surface area (Å²) in [5.74, 6) is -0.422. The van der Waals surface area contributed by atoms with Crippen LogP contribution in [0.15, 0.2) is 67.3 Å². The molecule has 1 aliphatic rings. The maximum Gasteiger partial charge on any atom is 0.255 e. The molecule has 4 rings (SSSR count). The van der Waals surface area contributed by atoms with Gasteiger partial charge in [-0.25, -0.2) is 4.98 Å².